The van der Waals surface area contributed by atoms with E-state index in [-0.39, 0.29) is 24.4 Å². The summed E-state index contributed by atoms with van der Waals surface area (Å²) in [5.41, 5.74) is 2.31. The van der Waals surface area contributed by atoms with Gasteiger partial charge in [-0.3, -0.25) is 14.7 Å². The monoisotopic (exact) mass is 394 g/mol. The largest absolute Gasteiger partial charge is 0.355 e. The molecule has 2 N–H and O–H groups in total. The van der Waals surface area contributed by atoms with E-state index in [1.807, 2.05) is 36.5 Å². The second-order valence-corrected chi connectivity index (χ2v) is 6.64. The molecule has 0 bridgehead atoms. The molecular formula is C19H24Cl2N4O. The number of rotatable bonds is 6. The lowest BCUT2D eigenvalue weighted by atomic mass is 10.1. The number of piperazine rings is 1. The average Bonchev–Trinajstić information content (AvgIpc) is 2.64. The number of pyridine rings is 1. The highest BCUT2D eigenvalue weighted by Gasteiger charge is 2.25. The van der Waals surface area contributed by atoms with E-state index >= 15 is 0 Å². The fourth-order valence-corrected chi connectivity index (χ4v) is 3.20. The number of carbonyl (C=O) groups is 1. The van der Waals surface area contributed by atoms with Gasteiger partial charge in [0.2, 0.25) is 5.91 Å². The highest BCUT2D eigenvalue weighted by atomic mass is 35.5. The molecule has 1 unspecified atom stereocenters. The molecule has 2 heterocycles. The second kappa shape index (κ2) is 10.5. The van der Waals surface area contributed by atoms with Crippen LogP contribution in [0.2, 0.25) is 5.02 Å². The minimum Gasteiger partial charge on any atom is -0.355 e. The van der Waals surface area contributed by atoms with Gasteiger partial charge in [-0.1, -0.05) is 29.8 Å². The van der Waals surface area contributed by atoms with Gasteiger partial charge in [0.15, 0.2) is 0 Å². The van der Waals surface area contributed by atoms with Gasteiger partial charge in [-0.2, -0.15) is 0 Å². The molecule has 1 aromatic carbocycles. The van der Waals surface area contributed by atoms with Gasteiger partial charge < -0.3 is 10.6 Å². The molecule has 1 aliphatic rings. The molecule has 7 heteroatoms. The summed E-state index contributed by atoms with van der Waals surface area (Å²) in [5.74, 6) is 0.0600. The van der Waals surface area contributed by atoms with E-state index in [4.69, 9.17) is 11.6 Å². The Kier molecular flexibility index (Phi) is 8.32. The summed E-state index contributed by atoms with van der Waals surface area (Å²) in [6.07, 6.45) is 4.45. The van der Waals surface area contributed by atoms with Gasteiger partial charge in [0, 0.05) is 49.6 Å². The standard InChI is InChI=1S/C19H23ClN4O.ClH/c20-17-5-3-15(4-6-17)7-9-23-19(25)14-24-11-10-22-13-18(24)16-2-1-8-21-12-16;/h1-6,8,12,18,22H,7,9-11,13-14H2,(H,23,25);1H. The van der Waals surface area contributed by atoms with Crippen LogP contribution in [0.3, 0.4) is 0 Å². The van der Waals surface area contributed by atoms with Crippen LogP contribution in [0.5, 0.6) is 0 Å². The normalized spacial score (nSPS) is 17.3. The number of nitrogens with one attached hydrogen (secondary N) is 2. The number of aromatic nitrogens is 1. The quantitative estimate of drug-likeness (QED) is 0.789. The van der Waals surface area contributed by atoms with Crippen molar-refractivity contribution >= 4 is 29.9 Å². The highest BCUT2D eigenvalue weighted by molar-refractivity contribution is 6.30. The van der Waals surface area contributed by atoms with Crippen molar-refractivity contribution < 1.29 is 4.79 Å². The lowest BCUT2D eigenvalue weighted by Crippen LogP contribution is -2.49. The fraction of sp³-hybridized carbons (Fsp3) is 0.368. The lowest BCUT2D eigenvalue weighted by Gasteiger charge is -2.35. The molecule has 0 aliphatic carbocycles. The topological polar surface area (TPSA) is 57.3 Å². The number of nitrogens with zero attached hydrogens (tertiary/aromatic N) is 2. The number of halogens is 2. The third-order valence-electron chi connectivity index (χ3n) is 4.42. The Morgan fingerprint density at radius 3 is 2.85 bits per heavy atom. The molecule has 26 heavy (non-hydrogen) atoms. The summed E-state index contributed by atoms with van der Waals surface area (Å²) < 4.78 is 0. The van der Waals surface area contributed by atoms with Crippen molar-refractivity contribution in [3.8, 4) is 0 Å². The van der Waals surface area contributed by atoms with Crippen molar-refractivity contribution in [1.29, 1.82) is 0 Å². The summed E-state index contributed by atoms with van der Waals surface area (Å²) in [6, 6.07) is 11.9. The first kappa shape index (κ1) is 20.6. The Morgan fingerprint density at radius 2 is 2.12 bits per heavy atom. The molecule has 0 saturated carbocycles. The number of carbonyl (C=O) groups excluding carboxylic acids is 1. The second-order valence-electron chi connectivity index (χ2n) is 6.20. The lowest BCUT2D eigenvalue weighted by molar-refractivity contribution is -0.123. The predicted molar refractivity (Wildman–Crippen MR) is 107 cm³/mol. The number of amides is 1. The average molecular weight is 395 g/mol. The van der Waals surface area contributed by atoms with Crippen molar-refractivity contribution in [3.63, 3.8) is 0 Å². The first-order valence-electron chi connectivity index (χ1n) is 8.58. The Balaban J connectivity index is 0.00000243. The molecule has 0 radical (unpaired) electrons. The van der Waals surface area contributed by atoms with Crippen LogP contribution in [-0.4, -0.2) is 48.5 Å². The van der Waals surface area contributed by atoms with E-state index in [1.165, 1.54) is 5.56 Å². The van der Waals surface area contributed by atoms with Gasteiger partial charge in [0.25, 0.3) is 0 Å². The van der Waals surface area contributed by atoms with Gasteiger partial charge >= 0.3 is 0 Å². The van der Waals surface area contributed by atoms with Crippen LogP contribution < -0.4 is 10.6 Å². The number of benzene rings is 1. The van der Waals surface area contributed by atoms with Gasteiger partial charge in [-0.25, -0.2) is 0 Å². The van der Waals surface area contributed by atoms with Crippen molar-refractivity contribution in [2.75, 3.05) is 32.7 Å². The zero-order valence-corrected chi connectivity index (χ0v) is 16.1. The molecule has 2 aromatic rings. The van der Waals surface area contributed by atoms with E-state index in [0.29, 0.717) is 13.1 Å². The maximum Gasteiger partial charge on any atom is 0.234 e. The molecule has 5 nitrogen and oxygen atoms in total. The Labute approximate surface area is 165 Å². The van der Waals surface area contributed by atoms with Crippen molar-refractivity contribution in [2.24, 2.45) is 0 Å². The van der Waals surface area contributed by atoms with E-state index in [2.05, 4.69) is 26.6 Å². The highest BCUT2D eigenvalue weighted by Crippen LogP contribution is 2.20. The van der Waals surface area contributed by atoms with Gasteiger partial charge in [-0.05, 0) is 35.7 Å². The first-order chi connectivity index (χ1) is 12.2. The summed E-state index contributed by atoms with van der Waals surface area (Å²) in [4.78, 5) is 18.7. The summed E-state index contributed by atoms with van der Waals surface area (Å²) in [6.45, 7) is 3.62. The molecule has 1 fully saturated rings. The summed E-state index contributed by atoms with van der Waals surface area (Å²) in [7, 11) is 0. The molecule has 3 rings (SSSR count). The van der Waals surface area contributed by atoms with Crippen molar-refractivity contribution in [1.82, 2.24) is 20.5 Å². The van der Waals surface area contributed by atoms with Crippen LogP contribution in [0.1, 0.15) is 17.2 Å². The van der Waals surface area contributed by atoms with E-state index in [9.17, 15) is 4.79 Å². The molecule has 0 spiro atoms. The van der Waals surface area contributed by atoms with Crippen LogP contribution in [0.4, 0.5) is 0 Å². The van der Waals surface area contributed by atoms with Crippen molar-refractivity contribution in [3.05, 3.63) is 64.9 Å². The molecule has 140 valence electrons. The Bertz CT molecular complexity index is 682. The van der Waals surface area contributed by atoms with Gasteiger partial charge in [0.05, 0.1) is 6.54 Å². The molecule has 1 amide bonds. The maximum absolute atomic E-state index is 12.3. The first-order valence-corrected chi connectivity index (χ1v) is 8.96. The van der Waals surface area contributed by atoms with Crippen LogP contribution >= 0.6 is 24.0 Å². The van der Waals surface area contributed by atoms with E-state index in [1.54, 1.807) is 6.20 Å². The van der Waals surface area contributed by atoms with E-state index < -0.39 is 0 Å². The molecule has 1 aliphatic heterocycles. The van der Waals surface area contributed by atoms with Gasteiger partial charge in [-0.15, -0.1) is 12.4 Å². The number of hydrogen-bond donors (Lipinski definition) is 2. The van der Waals surface area contributed by atoms with Crippen molar-refractivity contribution in [2.45, 2.75) is 12.5 Å². The third-order valence-corrected chi connectivity index (χ3v) is 4.67. The molecule has 1 saturated heterocycles. The SMILES string of the molecule is Cl.O=C(CN1CCNCC1c1cccnc1)NCCc1ccc(Cl)cc1. The summed E-state index contributed by atoms with van der Waals surface area (Å²) in [5, 5.41) is 7.14. The van der Waals surface area contributed by atoms with Crippen LogP contribution in [0.15, 0.2) is 48.8 Å². The molecular weight excluding hydrogens is 371 g/mol. The third kappa shape index (κ3) is 5.95. The zero-order valence-electron chi connectivity index (χ0n) is 14.5. The Hall–Kier alpha value is -1.66. The Morgan fingerprint density at radius 1 is 1.31 bits per heavy atom. The minimum atomic E-state index is 0. The maximum atomic E-state index is 12.3. The fourth-order valence-electron chi connectivity index (χ4n) is 3.08. The number of hydrogen-bond acceptors (Lipinski definition) is 4. The van der Waals surface area contributed by atoms with Crippen LogP contribution in [0.25, 0.3) is 0 Å². The molecule has 1 atom stereocenters. The molecule has 1 aromatic heterocycles. The summed E-state index contributed by atoms with van der Waals surface area (Å²) >= 11 is 5.88. The van der Waals surface area contributed by atoms with E-state index in [0.717, 1.165) is 36.6 Å². The van der Waals surface area contributed by atoms with Crippen LogP contribution in [-0.2, 0) is 11.2 Å². The van der Waals surface area contributed by atoms with Crippen LogP contribution in [0, 0.1) is 0 Å². The predicted octanol–water partition coefficient (Wildman–Crippen LogP) is 2.46. The zero-order chi connectivity index (χ0) is 17.5. The minimum absolute atomic E-state index is 0. The smallest absolute Gasteiger partial charge is 0.234 e. The van der Waals surface area contributed by atoms with Gasteiger partial charge in [0.1, 0.15) is 0 Å².